The smallest absolute Gasteiger partial charge is 0.272 e. The fraction of sp³-hybridized carbons (Fsp3) is 0.133. The summed E-state index contributed by atoms with van der Waals surface area (Å²) >= 11 is 7.57. The number of nitrogens with zero attached hydrogens (tertiary/aromatic N) is 1. The fourth-order valence-electron chi connectivity index (χ4n) is 2.27. The van der Waals surface area contributed by atoms with Crippen LogP contribution in [0.4, 0.5) is 5.69 Å². The standard InChI is InChI=1S/C15H13ClN2OS/c1-2-18-12-6-7-20-14(12)9-13(18)15(19)17-11-5-3-4-10(16)8-11/h3-9H,2H2,1H3,(H,17,19). The van der Waals surface area contributed by atoms with Crippen LogP contribution < -0.4 is 5.32 Å². The van der Waals surface area contributed by atoms with E-state index in [2.05, 4.69) is 5.32 Å². The van der Waals surface area contributed by atoms with Crippen LogP contribution in [0.15, 0.2) is 41.8 Å². The van der Waals surface area contributed by atoms with Crippen LogP contribution >= 0.6 is 22.9 Å². The van der Waals surface area contributed by atoms with E-state index in [0.717, 1.165) is 16.8 Å². The van der Waals surface area contributed by atoms with Crippen LogP contribution in [0.1, 0.15) is 17.4 Å². The van der Waals surface area contributed by atoms with Gasteiger partial charge in [0.05, 0.1) is 10.2 Å². The molecule has 1 N–H and O–H groups in total. The number of benzene rings is 1. The minimum absolute atomic E-state index is 0.113. The first-order valence-corrected chi connectivity index (χ1v) is 7.58. The van der Waals surface area contributed by atoms with Gasteiger partial charge >= 0.3 is 0 Å². The molecule has 0 unspecified atom stereocenters. The monoisotopic (exact) mass is 304 g/mol. The Hall–Kier alpha value is -1.78. The molecule has 0 aliphatic rings. The summed E-state index contributed by atoms with van der Waals surface area (Å²) < 4.78 is 3.15. The van der Waals surface area contributed by atoms with Gasteiger partial charge in [0.15, 0.2) is 0 Å². The van der Waals surface area contributed by atoms with Gasteiger partial charge in [0, 0.05) is 17.3 Å². The van der Waals surface area contributed by atoms with Crippen molar-refractivity contribution >= 4 is 44.7 Å². The van der Waals surface area contributed by atoms with Gasteiger partial charge in [-0.25, -0.2) is 0 Å². The predicted octanol–water partition coefficient (Wildman–Crippen LogP) is 4.63. The molecule has 0 radical (unpaired) electrons. The molecule has 0 spiro atoms. The molecule has 5 heteroatoms. The zero-order valence-electron chi connectivity index (χ0n) is 10.9. The number of rotatable bonds is 3. The van der Waals surface area contributed by atoms with Gasteiger partial charge in [0.2, 0.25) is 0 Å². The molecule has 102 valence electrons. The molecule has 3 nitrogen and oxygen atoms in total. The first-order valence-electron chi connectivity index (χ1n) is 6.32. The van der Waals surface area contributed by atoms with Crippen molar-refractivity contribution in [2.75, 3.05) is 5.32 Å². The molecule has 0 fully saturated rings. The van der Waals surface area contributed by atoms with Crippen LogP contribution in [0.2, 0.25) is 5.02 Å². The molecule has 0 atom stereocenters. The lowest BCUT2D eigenvalue weighted by Gasteiger charge is -2.08. The summed E-state index contributed by atoms with van der Waals surface area (Å²) in [6.07, 6.45) is 0. The Morgan fingerprint density at radius 2 is 2.20 bits per heavy atom. The first kappa shape index (κ1) is 13.2. The van der Waals surface area contributed by atoms with E-state index in [1.165, 1.54) is 0 Å². The molecule has 0 saturated carbocycles. The number of nitrogens with one attached hydrogen (secondary N) is 1. The van der Waals surface area contributed by atoms with Crippen molar-refractivity contribution in [1.29, 1.82) is 0 Å². The molecule has 0 aliphatic carbocycles. The van der Waals surface area contributed by atoms with E-state index in [0.29, 0.717) is 16.4 Å². The summed E-state index contributed by atoms with van der Waals surface area (Å²) in [4.78, 5) is 12.4. The number of aryl methyl sites for hydroxylation is 1. The Balaban J connectivity index is 1.94. The first-order chi connectivity index (χ1) is 9.69. The number of carbonyl (C=O) groups is 1. The Morgan fingerprint density at radius 3 is 2.95 bits per heavy atom. The van der Waals surface area contributed by atoms with E-state index >= 15 is 0 Å². The summed E-state index contributed by atoms with van der Waals surface area (Å²) in [5.41, 5.74) is 2.48. The molecule has 2 aromatic heterocycles. The third kappa shape index (κ3) is 2.32. The second-order valence-electron chi connectivity index (χ2n) is 4.41. The van der Waals surface area contributed by atoms with Gasteiger partial charge in [-0.05, 0) is 42.6 Å². The van der Waals surface area contributed by atoms with Gasteiger partial charge in [-0.2, -0.15) is 0 Å². The fourth-order valence-corrected chi connectivity index (χ4v) is 3.28. The second-order valence-corrected chi connectivity index (χ2v) is 5.79. The third-order valence-electron chi connectivity index (χ3n) is 3.15. The lowest BCUT2D eigenvalue weighted by atomic mass is 10.3. The molecule has 0 bridgehead atoms. The average molecular weight is 305 g/mol. The van der Waals surface area contributed by atoms with E-state index in [4.69, 9.17) is 11.6 Å². The highest BCUT2D eigenvalue weighted by atomic mass is 35.5. The Bertz CT molecular complexity index is 775. The highest BCUT2D eigenvalue weighted by Crippen LogP contribution is 2.26. The van der Waals surface area contributed by atoms with Crippen molar-refractivity contribution in [2.24, 2.45) is 0 Å². The third-order valence-corrected chi connectivity index (χ3v) is 4.24. The largest absolute Gasteiger partial charge is 0.336 e. The lowest BCUT2D eigenvalue weighted by Crippen LogP contribution is -2.16. The molecule has 1 amide bonds. The second kappa shape index (κ2) is 5.31. The Morgan fingerprint density at radius 1 is 1.35 bits per heavy atom. The van der Waals surface area contributed by atoms with Crippen molar-refractivity contribution in [3.8, 4) is 0 Å². The zero-order chi connectivity index (χ0) is 14.1. The van der Waals surface area contributed by atoms with Crippen molar-refractivity contribution in [3.05, 3.63) is 52.5 Å². The van der Waals surface area contributed by atoms with E-state index in [9.17, 15) is 4.79 Å². The number of fused-ring (bicyclic) bond motifs is 1. The highest BCUT2D eigenvalue weighted by molar-refractivity contribution is 7.17. The summed E-state index contributed by atoms with van der Waals surface area (Å²) in [6, 6.07) is 11.1. The summed E-state index contributed by atoms with van der Waals surface area (Å²) in [5, 5.41) is 5.53. The number of carbonyl (C=O) groups excluding carboxylic acids is 1. The van der Waals surface area contributed by atoms with Crippen molar-refractivity contribution in [3.63, 3.8) is 0 Å². The average Bonchev–Trinajstić information content (AvgIpc) is 2.98. The summed E-state index contributed by atoms with van der Waals surface area (Å²) in [5.74, 6) is -0.113. The van der Waals surface area contributed by atoms with Crippen LogP contribution in [0, 0.1) is 0 Å². The maximum Gasteiger partial charge on any atom is 0.272 e. The van der Waals surface area contributed by atoms with Crippen molar-refractivity contribution in [1.82, 2.24) is 4.57 Å². The quantitative estimate of drug-likeness (QED) is 0.752. The van der Waals surface area contributed by atoms with E-state index in [1.807, 2.05) is 41.1 Å². The molecule has 1 aromatic carbocycles. The van der Waals surface area contributed by atoms with Crippen LogP contribution in [0.25, 0.3) is 10.2 Å². The van der Waals surface area contributed by atoms with E-state index in [-0.39, 0.29) is 5.91 Å². The molecular weight excluding hydrogens is 292 g/mol. The molecule has 0 aliphatic heterocycles. The topological polar surface area (TPSA) is 34.0 Å². The molecule has 3 aromatic rings. The maximum atomic E-state index is 12.4. The molecule has 2 heterocycles. The van der Waals surface area contributed by atoms with Crippen LogP contribution in [-0.4, -0.2) is 10.5 Å². The van der Waals surface area contributed by atoms with Gasteiger partial charge in [0.25, 0.3) is 5.91 Å². The minimum atomic E-state index is -0.113. The molecule has 0 saturated heterocycles. The van der Waals surface area contributed by atoms with Gasteiger partial charge in [-0.1, -0.05) is 17.7 Å². The molecule has 20 heavy (non-hydrogen) atoms. The predicted molar refractivity (Wildman–Crippen MR) is 84.9 cm³/mol. The molecule has 3 rings (SSSR count). The Labute approximate surface area is 125 Å². The van der Waals surface area contributed by atoms with Crippen molar-refractivity contribution < 1.29 is 4.79 Å². The van der Waals surface area contributed by atoms with Crippen LogP contribution in [-0.2, 0) is 6.54 Å². The van der Waals surface area contributed by atoms with Crippen LogP contribution in [0.3, 0.4) is 0 Å². The van der Waals surface area contributed by atoms with Gasteiger partial charge in [0.1, 0.15) is 5.69 Å². The highest BCUT2D eigenvalue weighted by Gasteiger charge is 2.15. The summed E-state index contributed by atoms with van der Waals surface area (Å²) in [7, 11) is 0. The Kier molecular flexibility index (Phi) is 3.51. The van der Waals surface area contributed by atoms with Gasteiger partial charge < -0.3 is 9.88 Å². The SMILES string of the molecule is CCn1c(C(=O)Nc2cccc(Cl)c2)cc2sccc21. The zero-order valence-corrected chi connectivity index (χ0v) is 12.5. The number of anilines is 1. The van der Waals surface area contributed by atoms with Gasteiger partial charge in [-0.3, -0.25) is 4.79 Å². The van der Waals surface area contributed by atoms with E-state index in [1.54, 1.807) is 23.5 Å². The summed E-state index contributed by atoms with van der Waals surface area (Å²) in [6.45, 7) is 2.80. The number of halogens is 1. The normalized spacial score (nSPS) is 10.9. The van der Waals surface area contributed by atoms with Gasteiger partial charge in [-0.15, -0.1) is 11.3 Å². The minimum Gasteiger partial charge on any atom is -0.336 e. The number of hydrogen-bond donors (Lipinski definition) is 1. The van der Waals surface area contributed by atoms with Crippen LogP contribution in [0.5, 0.6) is 0 Å². The molecular formula is C15H13ClN2OS. The number of thiophene rings is 1. The lowest BCUT2D eigenvalue weighted by molar-refractivity contribution is 0.101. The number of hydrogen-bond acceptors (Lipinski definition) is 2. The number of amides is 1. The van der Waals surface area contributed by atoms with E-state index < -0.39 is 0 Å². The van der Waals surface area contributed by atoms with Crippen molar-refractivity contribution in [2.45, 2.75) is 13.5 Å². The maximum absolute atomic E-state index is 12.4. The number of aromatic nitrogens is 1.